The lowest BCUT2D eigenvalue weighted by molar-refractivity contribution is -0.150. The number of rotatable bonds is 6. The second-order valence-electron chi connectivity index (χ2n) is 7.63. The first-order valence-corrected chi connectivity index (χ1v) is 7.89. The van der Waals surface area contributed by atoms with Gasteiger partial charge in [-0.1, -0.05) is 0 Å². The van der Waals surface area contributed by atoms with Gasteiger partial charge < -0.3 is 9.64 Å². The summed E-state index contributed by atoms with van der Waals surface area (Å²) in [5, 5.41) is 0. The fourth-order valence-corrected chi connectivity index (χ4v) is 2.59. The van der Waals surface area contributed by atoms with Gasteiger partial charge in [0.2, 0.25) is 0 Å². The third kappa shape index (κ3) is 5.84. The SMILES string of the molecule is CN(C(=O)OC(C)(C)C)C1(CN(CN2CC2)CC(F)(F)F)CC1. The summed E-state index contributed by atoms with van der Waals surface area (Å²) >= 11 is 0. The Hall–Kier alpha value is -1.02. The van der Waals surface area contributed by atoms with Gasteiger partial charge >= 0.3 is 12.3 Å². The zero-order valence-corrected chi connectivity index (χ0v) is 14.2. The van der Waals surface area contributed by atoms with Crippen molar-refractivity contribution in [2.75, 3.05) is 39.9 Å². The highest BCUT2D eigenvalue weighted by molar-refractivity contribution is 5.69. The molecular formula is C15H26F3N3O2. The highest BCUT2D eigenvalue weighted by Gasteiger charge is 2.51. The van der Waals surface area contributed by atoms with Crippen LogP contribution in [-0.4, -0.2) is 78.0 Å². The van der Waals surface area contributed by atoms with Crippen molar-refractivity contribution >= 4 is 6.09 Å². The summed E-state index contributed by atoms with van der Waals surface area (Å²) in [7, 11) is 1.62. The van der Waals surface area contributed by atoms with Gasteiger partial charge in [-0.15, -0.1) is 0 Å². The molecule has 1 saturated carbocycles. The molecule has 0 aromatic heterocycles. The van der Waals surface area contributed by atoms with E-state index in [9.17, 15) is 18.0 Å². The Bertz CT molecular complexity index is 440. The summed E-state index contributed by atoms with van der Waals surface area (Å²) in [4.78, 5) is 17.0. The molecule has 0 spiro atoms. The molecule has 5 nitrogen and oxygen atoms in total. The van der Waals surface area contributed by atoms with Crippen LogP contribution in [0.5, 0.6) is 0 Å². The fourth-order valence-electron chi connectivity index (χ4n) is 2.59. The van der Waals surface area contributed by atoms with E-state index in [0.29, 0.717) is 19.5 Å². The standard InChI is InChI=1S/C15H26F3N3O2/c1-13(2,3)23-12(22)19(4)14(5-6-14)9-21(10-15(16,17)18)11-20-7-8-20/h5-11H2,1-4H3. The molecule has 2 rings (SSSR count). The third-order valence-electron chi connectivity index (χ3n) is 4.07. The third-order valence-corrected chi connectivity index (χ3v) is 4.07. The van der Waals surface area contributed by atoms with Gasteiger partial charge in [-0.25, -0.2) is 4.79 Å². The molecule has 1 saturated heterocycles. The van der Waals surface area contributed by atoms with Crippen LogP contribution in [0.3, 0.4) is 0 Å². The van der Waals surface area contributed by atoms with Gasteiger partial charge in [0.15, 0.2) is 0 Å². The van der Waals surface area contributed by atoms with Gasteiger partial charge in [0.1, 0.15) is 5.60 Å². The summed E-state index contributed by atoms with van der Waals surface area (Å²) < 4.78 is 43.7. The zero-order chi connectivity index (χ0) is 17.5. The van der Waals surface area contributed by atoms with Crippen LogP contribution >= 0.6 is 0 Å². The van der Waals surface area contributed by atoms with E-state index in [2.05, 4.69) is 0 Å². The first kappa shape index (κ1) is 18.3. The van der Waals surface area contributed by atoms with Crippen LogP contribution < -0.4 is 0 Å². The predicted octanol–water partition coefficient (Wildman–Crippen LogP) is 2.52. The van der Waals surface area contributed by atoms with E-state index in [-0.39, 0.29) is 6.54 Å². The minimum absolute atomic E-state index is 0.221. The van der Waals surface area contributed by atoms with E-state index in [1.165, 1.54) is 9.80 Å². The van der Waals surface area contributed by atoms with Crippen molar-refractivity contribution < 1.29 is 22.7 Å². The molecule has 0 bridgehead atoms. The Labute approximate surface area is 135 Å². The van der Waals surface area contributed by atoms with Crippen molar-refractivity contribution in [1.82, 2.24) is 14.7 Å². The molecule has 134 valence electrons. The molecule has 2 fully saturated rings. The van der Waals surface area contributed by atoms with Crippen LogP contribution in [0.1, 0.15) is 33.6 Å². The number of amides is 1. The van der Waals surface area contributed by atoms with E-state index in [1.807, 2.05) is 4.90 Å². The Balaban J connectivity index is 1.98. The Morgan fingerprint density at radius 2 is 1.78 bits per heavy atom. The number of hydrogen-bond donors (Lipinski definition) is 0. The summed E-state index contributed by atoms with van der Waals surface area (Å²) in [5.41, 5.74) is -1.16. The average molecular weight is 337 g/mol. The van der Waals surface area contributed by atoms with Gasteiger partial charge in [0, 0.05) is 26.7 Å². The number of nitrogens with zero attached hydrogens (tertiary/aromatic N) is 3. The number of hydrogen-bond acceptors (Lipinski definition) is 4. The highest BCUT2D eigenvalue weighted by Crippen LogP contribution is 2.42. The Morgan fingerprint density at radius 1 is 1.22 bits per heavy atom. The van der Waals surface area contributed by atoms with E-state index in [0.717, 1.165) is 13.1 Å². The van der Waals surface area contributed by atoms with Crippen molar-refractivity contribution in [3.63, 3.8) is 0 Å². The maximum atomic E-state index is 12.8. The first-order chi connectivity index (χ1) is 10.4. The second-order valence-corrected chi connectivity index (χ2v) is 7.63. The van der Waals surface area contributed by atoms with Crippen LogP contribution in [0.4, 0.5) is 18.0 Å². The maximum absolute atomic E-state index is 12.8. The van der Waals surface area contributed by atoms with Crippen LogP contribution in [0.2, 0.25) is 0 Å². The number of likely N-dealkylation sites (N-methyl/N-ethyl adjacent to an activating group) is 1. The van der Waals surface area contributed by atoms with E-state index in [1.54, 1.807) is 27.8 Å². The monoisotopic (exact) mass is 337 g/mol. The molecule has 0 radical (unpaired) electrons. The average Bonchev–Trinajstić information content (AvgIpc) is 3.21. The van der Waals surface area contributed by atoms with Gasteiger partial charge in [-0.3, -0.25) is 9.80 Å². The van der Waals surface area contributed by atoms with Crippen molar-refractivity contribution in [3.8, 4) is 0 Å². The van der Waals surface area contributed by atoms with E-state index >= 15 is 0 Å². The maximum Gasteiger partial charge on any atom is 0.410 e. The van der Waals surface area contributed by atoms with Crippen LogP contribution in [-0.2, 0) is 4.74 Å². The molecule has 0 aromatic carbocycles. The lowest BCUT2D eigenvalue weighted by Crippen LogP contribution is -2.51. The van der Waals surface area contributed by atoms with Crippen molar-refractivity contribution in [1.29, 1.82) is 0 Å². The molecule has 1 heterocycles. The van der Waals surface area contributed by atoms with Crippen molar-refractivity contribution in [3.05, 3.63) is 0 Å². The van der Waals surface area contributed by atoms with Crippen molar-refractivity contribution in [2.24, 2.45) is 0 Å². The number of carbonyl (C=O) groups excluding carboxylic acids is 1. The lowest BCUT2D eigenvalue weighted by atomic mass is 10.2. The van der Waals surface area contributed by atoms with Gasteiger partial charge in [0.25, 0.3) is 0 Å². The first-order valence-electron chi connectivity index (χ1n) is 7.89. The number of carbonyl (C=O) groups is 1. The Morgan fingerprint density at radius 3 is 2.17 bits per heavy atom. The molecule has 0 aromatic rings. The van der Waals surface area contributed by atoms with Gasteiger partial charge in [0.05, 0.1) is 18.8 Å². The van der Waals surface area contributed by atoms with Crippen LogP contribution in [0.25, 0.3) is 0 Å². The van der Waals surface area contributed by atoms with Crippen molar-refractivity contribution in [2.45, 2.75) is 50.9 Å². The summed E-state index contributed by atoms with van der Waals surface area (Å²) in [6.45, 7) is 6.56. The predicted molar refractivity (Wildman–Crippen MR) is 80.0 cm³/mol. The van der Waals surface area contributed by atoms with E-state index in [4.69, 9.17) is 4.74 Å². The fraction of sp³-hybridized carbons (Fsp3) is 0.933. The summed E-state index contributed by atoms with van der Waals surface area (Å²) in [6.07, 6.45) is -3.31. The summed E-state index contributed by atoms with van der Waals surface area (Å²) in [6, 6.07) is 0. The number of alkyl halides is 3. The molecule has 2 aliphatic rings. The molecule has 0 N–H and O–H groups in total. The molecule has 1 aliphatic heterocycles. The second kappa shape index (κ2) is 6.12. The number of halogens is 3. The molecule has 0 unspecified atom stereocenters. The molecule has 23 heavy (non-hydrogen) atoms. The zero-order valence-electron chi connectivity index (χ0n) is 14.2. The molecule has 0 atom stereocenters. The normalized spacial score (nSPS) is 20.5. The van der Waals surface area contributed by atoms with E-state index < -0.39 is 30.0 Å². The van der Waals surface area contributed by atoms with Crippen LogP contribution in [0, 0.1) is 0 Å². The summed E-state index contributed by atoms with van der Waals surface area (Å²) in [5.74, 6) is 0. The quantitative estimate of drug-likeness (QED) is 0.698. The lowest BCUT2D eigenvalue weighted by Gasteiger charge is -2.35. The molecular weight excluding hydrogens is 311 g/mol. The highest BCUT2D eigenvalue weighted by atomic mass is 19.4. The van der Waals surface area contributed by atoms with Gasteiger partial charge in [-0.2, -0.15) is 13.2 Å². The van der Waals surface area contributed by atoms with Gasteiger partial charge in [-0.05, 0) is 33.6 Å². The topological polar surface area (TPSA) is 35.8 Å². The largest absolute Gasteiger partial charge is 0.444 e. The minimum Gasteiger partial charge on any atom is -0.444 e. The minimum atomic E-state index is -4.24. The Kier molecular flexibility index (Phi) is 4.88. The van der Waals surface area contributed by atoms with Crippen LogP contribution in [0.15, 0.2) is 0 Å². The number of ether oxygens (including phenoxy) is 1. The molecule has 8 heteroatoms. The smallest absolute Gasteiger partial charge is 0.410 e. The molecule has 1 amide bonds. The molecule has 1 aliphatic carbocycles.